The molecule has 21 rings (SSSR count). The summed E-state index contributed by atoms with van der Waals surface area (Å²) in [6, 6.07) is 22.4. The van der Waals surface area contributed by atoms with Crippen LogP contribution in [0.15, 0.2) is 79.4 Å². The average Bonchev–Trinajstić information content (AvgIpc) is 4.13. The molecule has 2 nitrogen and oxygen atoms in total. The van der Waals surface area contributed by atoms with Crippen molar-refractivity contribution in [1.82, 2.24) is 9.97 Å². The van der Waals surface area contributed by atoms with E-state index in [9.17, 15) is 0 Å². The van der Waals surface area contributed by atoms with Crippen molar-refractivity contribution < 1.29 is 6.51 Å². The Labute approximate surface area is 308 Å². The van der Waals surface area contributed by atoms with E-state index in [0.717, 1.165) is 67.8 Å². The van der Waals surface area contributed by atoms with Crippen LogP contribution in [0.25, 0.3) is 0 Å². The van der Waals surface area contributed by atoms with Gasteiger partial charge in [-0.25, -0.2) is 0 Å². The molecule has 18 aliphatic rings. The maximum atomic E-state index is 4.99. The number of pyridine rings is 2. The molecule has 0 radical (unpaired) electrons. The van der Waals surface area contributed by atoms with Gasteiger partial charge in [-0.3, -0.25) is 0 Å². The molecule has 8 saturated carbocycles. The van der Waals surface area contributed by atoms with Crippen LogP contribution in [0.4, 0.5) is 0 Å². The molecule has 53 heavy (non-hydrogen) atoms. The number of fused-ring (bicyclic) bond motifs is 10. The van der Waals surface area contributed by atoms with Crippen LogP contribution in [-0.4, -0.2) is 27.4 Å². The van der Waals surface area contributed by atoms with Gasteiger partial charge in [-0.2, -0.15) is 0 Å². The zero-order valence-electron chi connectivity index (χ0n) is 30.9. The van der Waals surface area contributed by atoms with Crippen molar-refractivity contribution in [1.29, 1.82) is 0 Å². The van der Waals surface area contributed by atoms with E-state index in [-0.39, 0.29) is 13.1 Å². The van der Waals surface area contributed by atoms with Gasteiger partial charge in [-0.1, -0.05) is 0 Å². The number of aromatic nitrogens is 2. The Morgan fingerprint density at radius 3 is 1.49 bits per heavy atom. The fourth-order valence-corrected chi connectivity index (χ4v) is 122. The van der Waals surface area contributed by atoms with Gasteiger partial charge in [0.25, 0.3) is 0 Å². The van der Waals surface area contributed by atoms with Gasteiger partial charge in [0, 0.05) is 0 Å². The van der Waals surface area contributed by atoms with Crippen molar-refractivity contribution in [2.45, 2.75) is 127 Å². The molecule has 12 heterocycles. The second-order valence-corrected chi connectivity index (χ2v) is 51.6. The zero-order valence-corrected chi connectivity index (χ0v) is 34.0. The van der Waals surface area contributed by atoms with Crippen LogP contribution in [0, 0.1) is 47.3 Å². The molecule has 3 aromatic rings. The minimum atomic E-state index is -4.43. The fraction of sp³-hybridized carbons (Fsp3) is 0.667. The van der Waals surface area contributed by atoms with Gasteiger partial charge in [0.2, 0.25) is 0 Å². The number of nitrogens with zero attached hydrogens (tertiary/aromatic N) is 2. The van der Waals surface area contributed by atoms with Crippen LogP contribution >= 0.6 is 17.2 Å². The van der Waals surface area contributed by atoms with Gasteiger partial charge < -0.3 is 0 Å². The van der Waals surface area contributed by atoms with E-state index in [1.54, 1.807) is 81.5 Å². The van der Waals surface area contributed by atoms with E-state index in [0.29, 0.717) is 8.63 Å². The van der Waals surface area contributed by atoms with Crippen LogP contribution in [-0.2, 0) is 16.0 Å². The minimum absolute atomic E-state index is 0.0199. The summed E-state index contributed by atoms with van der Waals surface area (Å²) in [5.74, 6) is 8.77. The topological polar surface area (TPSA) is 25.8 Å². The van der Waals surface area contributed by atoms with Crippen molar-refractivity contribution in [2.24, 2.45) is 47.3 Å². The summed E-state index contributed by atoms with van der Waals surface area (Å²) in [4.78, 5) is 18.3. The first-order valence-electron chi connectivity index (χ1n) is 22.4. The van der Waals surface area contributed by atoms with Gasteiger partial charge in [-0.15, -0.1) is 0 Å². The second-order valence-electron chi connectivity index (χ2n) is 25.2. The summed E-state index contributed by atoms with van der Waals surface area (Å²) in [5.41, 5.74) is 7.23. The molecule has 18 fully saturated rings. The van der Waals surface area contributed by atoms with E-state index in [1.807, 2.05) is 5.56 Å². The molecule has 2 aromatic heterocycles. The molecule has 1 aromatic carbocycles. The Hall–Kier alpha value is -1.10. The number of rotatable bonds is 8. The normalized spacial score (nSPS) is 70.6. The van der Waals surface area contributed by atoms with E-state index in [2.05, 4.69) is 88.6 Å². The maximum absolute atomic E-state index is 4.99. The third kappa shape index (κ3) is 0.945. The Morgan fingerprint density at radius 1 is 0.604 bits per heavy atom. The molecule has 6 atom stereocenters. The summed E-state index contributed by atoms with van der Waals surface area (Å²) in [5, 5.41) is -0.0310. The van der Waals surface area contributed by atoms with Gasteiger partial charge in [0.15, 0.2) is 0 Å². The van der Waals surface area contributed by atoms with Crippen molar-refractivity contribution in [3.05, 3.63) is 96.1 Å². The van der Waals surface area contributed by atoms with E-state index in [4.69, 9.17) is 9.97 Å². The summed E-state index contributed by atoms with van der Waals surface area (Å²) in [6.45, 7) is -4.43. The summed E-state index contributed by atoms with van der Waals surface area (Å²) in [7, 11) is 3.86. The molecular weight excluding hydrogens is 722 g/mol. The first-order valence-corrected chi connectivity index (χ1v) is 30.8. The Bertz CT molecular complexity index is 2550. The molecule has 0 amide bonds. The van der Waals surface area contributed by atoms with Gasteiger partial charge in [-0.05, 0) is 0 Å². The molecule has 5 heteroatoms. The monoisotopic (exact) mass is 776 g/mol. The van der Waals surface area contributed by atoms with Crippen LogP contribution in [0.5, 0.6) is 0 Å². The molecule has 0 N–H and O–H groups in total. The van der Waals surface area contributed by atoms with E-state index >= 15 is 0 Å². The zero-order chi connectivity index (χ0) is 33.8. The van der Waals surface area contributed by atoms with Crippen molar-refractivity contribution >= 4 is 17.2 Å². The van der Waals surface area contributed by atoms with Crippen LogP contribution in [0.3, 0.4) is 0 Å². The SMILES string of the molecule is PC(c1cccnc1)(c1cccnc1)[C]12[CH]3[C]4(c5ccccc5)[CH]5[C]1(CP(C1C6CC7CC(C6)CC1C7)C1C6CC7CC(C6)CC1C7)[Fe]53421678[CH]2[CH]1[CH]6[CH]7[CH]28. The molecule has 8 bridgehead atoms. The molecule has 1 spiro atoms. The quantitative estimate of drug-likeness (QED) is 0.168. The Balaban J connectivity index is 0.907. The predicted molar refractivity (Wildman–Crippen MR) is 212 cm³/mol. The molecular formula is C48H54FeN2P2. The molecule has 8 aliphatic carbocycles. The first-order chi connectivity index (χ1) is 25.8. The molecule has 6 unspecified atom stereocenters. The van der Waals surface area contributed by atoms with Gasteiger partial charge in [0.05, 0.1) is 0 Å². The molecule has 274 valence electrons. The average molecular weight is 777 g/mol. The number of benzene rings is 1. The first kappa shape index (κ1) is 27.5. The van der Waals surface area contributed by atoms with Crippen molar-refractivity contribution in [2.75, 3.05) is 6.16 Å². The third-order valence-electron chi connectivity index (χ3n) is 28.8. The Morgan fingerprint density at radius 2 is 1.08 bits per heavy atom. The van der Waals surface area contributed by atoms with Crippen LogP contribution in [0.2, 0.25) is 42.3 Å². The predicted octanol–water partition coefficient (Wildman–Crippen LogP) is 12.0. The van der Waals surface area contributed by atoms with Crippen LogP contribution < -0.4 is 0 Å². The van der Waals surface area contributed by atoms with E-state index in [1.165, 1.54) is 28.9 Å². The molecule has 10 aliphatic heterocycles. The van der Waals surface area contributed by atoms with Crippen molar-refractivity contribution in [3.8, 4) is 0 Å². The van der Waals surface area contributed by atoms with Crippen LogP contribution in [0.1, 0.15) is 80.9 Å². The summed E-state index contributed by atoms with van der Waals surface area (Å²) >= 11 is 0. The third-order valence-corrected chi connectivity index (χ3v) is 78.5. The molecule has 10 saturated heterocycles. The van der Waals surface area contributed by atoms with E-state index < -0.39 is 6.51 Å². The van der Waals surface area contributed by atoms with Crippen molar-refractivity contribution in [3.63, 3.8) is 0 Å². The number of hydrogen-bond acceptors (Lipinski definition) is 2. The van der Waals surface area contributed by atoms with Gasteiger partial charge >= 0.3 is 311 Å². The second kappa shape index (κ2) is 5.15. The Kier molecular flexibility index (Phi) is 2.67. The summed E-state index contributed by atoms with van der Waals surface area (Å²) in [6.07, 6.45) is 26.9. The summed E-state index contributed by atoms with van der Waals surface area (Å²) < 4.78 is 1.92. The van der Waals surface area contributed by atoms with Gasteiger partial charge in [0.1, 0.15) is 0 Å². The number of hydrogen-bond donors (Lipinski definition) is 0. The fourth-order valence-electron chi connectivity index (χ4n) is 31.8. The standard InChI is InChI=1S/C43H49N2P2.C5H5.Fe/c46-43(38-8-4-10-44-24-38,39-9-5-11-45-25-39)40-23-32(31-6-2-1-3-7-31)22-37(40)26-47(41-33-14-27-12-28(16-33)17-34(41)15-27)42-35-18-29-13-30(20-35)21-36(42)19-29;1-2-4-5-3-1;/h1-11,22-25,27-30,33-36,41-42H,12-21,26,46H2;1-5H;.